The molecule has 3 aromatic rings. The molecule has 1 aromatic carbocycles. The van der Waals surface area contributed by atoms with Gasteiger partial charge in [-0.05, 0) is 54.0 Å². The van der Waals surface area contributed by atoms with E-state index in [4.69, 9.17) is 16.7 Å². The van der Waals surface area contributed by atoms with Crippen LogP contribution in [0.3, 0.4) is 0 Å². The van der Waals surface area contributed by atoms with Crippen LogP contribution in [0.2, 0.25) is 5.02 Å². The second-order valence-electron chi connectivity index (χ2n) is 8.16. The standard InChI is InChI=1S/C22H23ClN4O5S2/c23-16-3-1-2-13(5-16)4-14-6-20(33-11-14)21(29)18-9-25-12-26-22(18)27-17-7-15(19(28)8-17)10-32-34(24,30)31/h1-3,5-6,9,11-12,15,17,19,28H,4,7-8,10H2,(H2,24,30,31)(H,25,26,27)/t15-,17-,19-/m1/s1. The van der Waals surface area contributed by atoms with Crippen LogP contribution in [0.1, 0.15) is 39.2 Å². The molecule has 0 bridgehead atoms. The molecule has 1 saturated carbocycles. The molecule has 0 spiro atoms. The number of aliphatic hydroxyl groups is 1. The number of anilines is 1. The summed E-state index contributed by atoms with van der Waals surface area (Å²) in [7, 11) is -4.08. The van der Waals surface area contributed by atoms with Crippen LogP contribution in [-0.4, -0.2) is 48.0 Å². The van der Waals surface area contributed by atoms with Gasteiger partial charge in [0.25, 0.3) is 0 Å². The van der Waals surface area contributed by atoms with Gasteiger partial charge in [0.05, 0.1) is 23.2 Å². The Morgan fingerprint density at radius 2 is 2.12 bits per heavy atom. The number of hydrogen-bond acceptors (Lipinski definition) is 9. The highest BCUT2D eigenvalue weighted by molar-refractivity contribution is 7.84. The number of halogens is 1. The molecule has 1 fully saturated rings. The first-order chi connectivity index (χ1) is 16.2. The zero-order valence-corrected chi connectivity index (χ0v) is 20.3. The summed E-state index contributed by atoms with van der Waals surface area (Å²) in [4.78, 5) is 22.0. The van der Waals surface area contributed by atoms with Crippen molar-refractivity contribution in [3.05, 3.63) is 74.8 Å². The number of aromatic nitrogens is 2. The fourth-order valence-electron chi connectivity index (χ4n) is 3.99. The van der Waals surface area contributed by atoms with Crippen molar-refractivity contribution < 1.29 is 22.5 Å². The van der Waals surface area contributed by atoms with Gasteiger partial charge in [-0.2, -0.15) is 8.42 Å². The Hall–Kier alpha value is -2.41. The molecule has 4 N–H and O–H groups in total. The van der Waals surface area contributed by atoms with E-state index in [1.807, 2.05) is 35.7 Å². The Balaban J connectivity index is 1.44. The maximum atomic E-state index is 13.2. The number of benzene rings is 1. The lowest BCUT2D eigenvalue weighted by molar-refractivity contribution is 0.101. The van der Waals surface area contributed by atoms with Gasteiger partial charge in [0.2, 0.25) is 5.78 Å². The number of nitrogens with one attached hydrogen (secondary N) is 1. The topological polar surface area (TPSA) is 144 Å². The monoisotopic (exact) mass is 522 g/mol. The molecule has 9 nitrogen and oxygen atoms in total. The van der Waals surface area contributed by atoms with Crippen molar-refractivity contribution >= 4 is 44.8 Å². The summed E-state index contributed by atoms with van der Waals surface area (Å²) in [6, 6.07) is 9.20. The van der Waals surface area contributed by atoms with Crippen molar-refractivity contribution in [2.24, 2.45) is 11.1 Å². The van der Waals surface area contributed by atoms with Gasteiger partial charge in [-0.15, -0.1) is 11.3 Å². The van der Waals surface area contributed by atoms with Crippen LogP contribution in [0.4, 0.5) is 5.82 Å². The maximum absolute atomic E-state index is 13.2. The van der Waals surface area contributed by atoms with Gasteiger partial charge in [0.15, 0.2) is 0 Å². The van der Waals surface area contributed by atoms with Gasteiger partial charge < -0.3 is 10.4 Å². The lowest BCUT2D eigenvalue weighted by Gasteiger charge is -2.15. The quantitative estimate of drug-likeness (QED) is 0.364. The average Bonchev–Trinajstić information content (AvgIpc) is 3.38. The van der Waals surface area contributed by atoms with Crippen molar-refractivity contribution in [2.75, 3.05) is 11.9 Å². The highest BCUT2D eigenvalue weighted by atomic mass is 35.5. The smallest absolute Gasteiger partial charge is 0.333 e. The van der Waals surface area contributed by atoms with Gasteiger partial charge >= 0.3 is 10.3 Å². The van der Waals surface area contributed by atoms with Crippen molar-refractivity contribution in [2.45, 2.75) is 31.4 Å². The van der Waals surface area contributed by atoms with Gasteiger partial charge in [-0.1, -0.05) is 23.7 Å². The number of nitrogens with zero attached hydrogens (tertiary/aromatic N) is 2. The molecule has 180 valence electrons. The van der Waals surface area contributed by atoms with Gasteiger partial charge in [0.1, 0.15) is 12.1 Å². The average molecular weight is 523 g/mol. The Kier molecular flexibility index (Phi) is 7.60. The highest BCUT2D eigenvalue weighted by Crippen LogP contribution is 2.30. The number of aliphatic hydroxyl groups excluding tert-OH is 1. The normalized spacial score (nSPS) is 20.4. The van der Waals surface area contributed by atoms with Gasteiger partial charge in [0, 0.05) is 23.2 Å². The summed E-state index contributed by atoms with van der Waals surface area (Å²) in [6.07, 6.45) is 3.46. The summed E-state index contributed by atoms with van der Waals surface area (Å²) in [5.41, 5.74) is 2.37. The van der Waals surface area contributed by atoms with Crippen LogP contribution in [0.25, 0.3) is 0 Å². The minimum Gasteiger partial charge on any atom is -0.393 e. The Morgan fingerprint density at radius 3 is 2.88 bits per heavy atom. The van der Waals surface area contributed by atoms with E-state index in [-0.39, 0.29) is 18.4 Å². The lowest BCUT2D eigenvalue weighted by atomic mass is 10.1. The maximum Gasteiger partial charge on any atom is 0.333 e. The van der Waals surface area contributed by atoms with E-state index in [1.165, 1.54) is 23.9 Å². The van der Waals surface area contributed by atoms with E-state index in [0.29, 0.717) is 40.5 Å². The fourth-order valence-corrected chi connectivity index (χ4v) is 5.43. The Bertz CT molecular complexity index is 1280. The Labute approximate surface area is 206 Å². The number of nitrogens with two attached hydrogens (primary N) is 1. The Morgan fingerprint density at radius 1 is 1.29 bits per heavy atom. The zero-order chi connectivity index (χ0) is 24.3. The number of rotatable bonds is 9. The summed E-state index contributed by atoms with van der Waals surface area (Å²) < 4.78 is 26.7. The molecule has 0 unspecified atom stereocenters. The number of hydrogen-bond donors (Lipinski definition) is 3. The fraction of sp³-hybridized carbons (Fsp3) is 0.318. The molecule has 1 aliphatic carbocycles. The van der Waals surface area contributed by atoms with Crippen LogP contribution in [0.15, 0.2) is 48.2 Å². The van der Waals surface area contributed by atoms with Gasteiger partial charge in [-0.25, -0.2) is 15.1 Å². The predicted octanol–water partition coefficient (Wildman–Crippen LogP) is 2.78. The largest absolute Gasteiger partial charge is 0.393 e. The van der Waals surface area contributed by atoms with Crippen LogP contribution >= 0.6 is 22.9 Å². The first kappa shape index (κ1) is 24.7. The first-order valence-electron chi connectivity index (χ1n) is 10.5. The van der Waals surface area contributed by atoms with Crippen LogP contribution in [0.5, 0.6) is 0 Å². The molecule has 12 heteroatoms. The third-order valence-electron chi connectivity index (χ3n) is 5.58. The molecule has 4 rings (SSSR count). The molecule has 0 radical (unpaired) electrons. The molecule has 0 saturated heterocycles. The second-order valence-corrected chi connectivity index (χ2v) is 10.7. The summed E-state index contributed by atoms with van der Waals surface area (Å²) in [5, 5.41) is 20.9. The van der Waals surface area contributed by atoms with E-state index in [1.54, 1.807) is 0 Å². The zero-order valence-electron chi connectivity index (χ0n) is 17.9. The molecule has 0 aliphatic heterocycles. The number of carbonyl (C=O) groups excluding carboxylic acids is 1. The van der Waals surface area contributed by atoms with E-state index < -0.39 is 22.3 Å². The third-order valence-corrected chi connectivity index (χ3v) is 7.25. The van der Waals surface area contributed by atoms with Crippen molar-refractivity contribution in [3.8, 4) is 0 Å². The number of carbonyl (C=O) groups is 1. The second kappa shape index (κ2) is 10.5. The van der Waals surface area contributed by atoms with Crippen molar-refractivity contribution in [3.63, 3.8) is 0 Å². The molecule has 2 aromatic heterocycles. The third kappa shape index (κ3) is 6.38. The van der Waals surface area contributed by atoms with Gasteiger partial charge in [-0.3, -0.25) is 8.98 Å². The lowest BCUT2D eigenvalue weighted by Crippen LogP contribution is -2.24. The molecular weight excluding hydrogens is 500 g/mol. The molecular formula is C22H23ClN4O5S2. The van der Waals surface area contributed by atoms with Crippen LogP contribution in [0, 0.1) is 5.92 Å². The van der Waals surface area contributed by atoms with Crippen molar-refractivity contribution in [1.29, 1.82) is 0 Å². The molecule has 1 aliphatic rings. The summed E-state index contributed by atoms with van der Waals surface area (Å²) in [6.45, 7) is -0.210. The SMILES string of the molecule is NS(=O)(=O)OC[C@H]1C[C@@H](Nc2ncncc2C(=O)c2cc(Cc3cccc(Cl)c3)cs2)C[C@H]1O. The molecule has 2 heterocycles. The molecule has 0 amide bonds. The summed E-state index contributed by atoms with van der Waals surface area (Å²) in [5.74, 6) is -0.267. The van der Waals surface area contributed by atoms with E-state index >= 15 is 0 Å². The summed E-state index contributed by atoms with van der Waals surface area (Å²) >= 11 is 7.41. The van der Waals surface area contributed by atoms with Crippen LogP contribution in [-0.2, 0) is 20.9 Å². The highest BCUT2D eigenvalue weighted by Gasteiger charge is 2.34. The van der Waals surface area contributed by atoms with Crippen molar-refractivity contribution in [1.82, 2.24) is 9.97 Å². The molecule has 3 atom stereocenters. The minimum atomic E-state index is -4.08. The van der Waals surface area contributed by atoms with E-state index in [9.17, 15) is 18.3 Å². The molecule has 34 heavy (non-hydrogen) atoms. The first-order valence-corrected chi connectivity index (χ1v) is 13.2. The van der Waals surface area contributed by atoms with E-state index in [2.05, 4.69) is 19.5 Å². The number of thiophene rings is 1. The minimum absolute atomic E-state index is 0.210. The van der Waals surface area contributed by atoms with E-state index in [0.717, 1.165) is 11.1 Å². The van der Waals surface area contributed by atoms with Crippen LogP contribution < -0.4 is 10.5 Å². The predicted molar refractivity (Wildman–Crippen MR) is 129 cm³/mol. The number of ketones is 1.